The van der Waals surface area contributed by atoms with Gasteiger partial charge in [-0.15, -0.1) is 0 Å². The summed E-state index contributed by atoms with van der Waals surface area (Å²) in [7, 11) is -3.90. The maximum absolute atomic E-state index is 13.8. The molecule has 1 atom stereocenters. The van der Waals surface area contributed by atoms with Crippen LogP contribution in [0.15, 0.2) is 48.5 Å². The van der Waals surface area contributed by atoms with E-state index < -0.39 is 27.7 Å². The number of ether oxygens (including phenoxy) is 1. The number of piperidine rings is 1. The van der Waals surface area contributed by atoms with Crippen molar-refractivity contribution in [3.8, 4) is 0 Å². The van der Waals surface area contributed by atoms with Gasteiger partial charge in [0, 0.05) is 30.9 Å². The number of hydrogen-bond donors (Lipinski definition) is 3. The molecule has 0 spiro atoms. The van der Waals surface area contributed by atoms with Crippen molar-refractivity contribution in [3.63, 3.8) is 0 Å². The minimum absolute atomic E-state index is 0.0810. The van der Waals surface area contributed by atoms with Crippen LogP contribution in [0.5, 0.6) is 0 Å². The highest BCUT2D eigenvalue weighted by molar-refractivity contribution is 7.89. The maximum atomic E-state index is 13.8. The number of amides is 2. The van der Waals surface area contributed by atoms with Crippen LogP contribution in [0.2, 0.25) is 0 Å². The highest BCUT2D eigenvalue weighted by Crippen LogP contribution is 2.34. The first-order valence-corrected chi connectivity index (χ1v) is 15.9. The Morgan fingerprint density at radius 2 is 1.71 bits per heavy atom. The Morgan fingerprint density at radius 3 is 2.22 bits per heavy atom. The monoisotopic (exact) mass is 586 g/mol. The van der Waals surface area contributed by atoms with Gasteiger partial charge in [-0.1, -0.05) is 45.0 Å². The largest absolute Gasteiger partial charge is 0.393 e. The van der Waals surface area contributed by atoms with Crippen LogP contribution in [0.4, 0.5) is 11.4 Å². The Hall–Kier alpha value is -2.99. The number of carbonyl (C=O) groups excluding carboxylic acids is 2. The molecular weight excluding hydrogens is 544 g/mol. The van der Waals surface area contributed by atoms with E-state index in [1.165, 1.54) is 4.90 Å². The van der Waals surface area contributed by atoms with Crippen LogP contribution in [0.3, 0.4) is 0 Å². The SMILES string of the molecule is CCC(C)(C)c1ccc(N(C(=O)CCS(N)(=O)=O)C(C(=O)NC2COC2)c2ccc(N3CCC(O)CC3)cc2)cc1. The summed E-state index contributed by atoms with van der Waals surface area (Å²) >= 11 is 0. The fourth-order valence-corrected chi connectivity index (χ4v) is 5.53. The van der Waals surface area contributed by atoms with E-state index in [2.05, 4.69) is 31.0 Å². The van der Waals surface area contributed by atoms with Crippen molar-refractivity contribution in [2.45, 2.75) is 70.1 Å². The number of anilines is 2. The summed E-state index contributed by atoms with van der Waals surface area (Å²) in [5.74, 6) is -1.44. The molecule has 1 unspecified atom stereocenters. The molecule has 4 N–H and O–H groups in total. The second-order valence-corrected chi connectivity index (χ2v) is 13.4. The molecule has 11 heteroatoms. The molecule has 2 aromatic rings. The molecular formula is C30H42N4O6S. The lowest BCUT2D eigenvalue weighted by atomic mass is 9.82. The Morgan fingerprint density at radius 1 is 1.10 bits per heavy atom. The van der Waals surface area contributed by atoms with Gasteiger partial charge in [0.25, 0.3) is 0 Å². The topological polar surface area (TPSA) is 142 Å². The first-order chi connectivity index (χ1) is 19.4. The predicted octanol–water partition coefficient (Wildman–Crippen LogP) is 2.60. The van der Waals surface area contributed by atoms with Gasteiger partial charge in [0.05, 0.1) is 31.1 Å². The number of rotatable bonds is 11. The summed E-state index contributed by atoms with van der Waals surface area (Å²) < 4.78 is 28.7. The maximum Gasteiger partial charge on any atom is 0.248 e. The van der Waals surface area contributed by atoms with Crippen LogP contribution < -0.4 is 20.3 Å². The minimum Gasteiger partial charge on any atom is -0.393 e. The number of hydrogen-bond acceptors (Lipinski definition) is 7. The Kier molecular flexibility index (Phi) is 9.73. The van der Waals surface area contributed by atoms with Crippen molar-refractivity contribution in [3.05, 3.63) is 59.7 Å². The predicted molar refractivity (Wildman–Crippen MR) is 159 cm³/mol. The summed E-state index contributed by atoms with van der Waals surface area (Å²) in [6, 6.07) is 13.8. The Bertz CT molecular complexity index is 1300. The lowest BCUT2D eigenvalue weighted by Crippen LogP contribution is -2.53. The van der Waals surface area contributed by atoms with E-state index in [0.717, 1.165) is 30.8 Å². The minimum atomic E-state index is -3.90. The Labute approximate surface area is 242 Å². The van der Waals surface area contributed by atoms with Gasteiger partial charge in [0.2, 0.25) is 21.8 Å². The lowest BCUT2D eigenvalue weighted by Gasteiger charge is -2.35. The van der Waals surface area contributed by atoms with Gasteiger partial charge in [-0.2, -0.15) is 0 Å². The summed E-state index contributed by atoms with van der Waals surface area (Å²) in [6.07, 6.45) is 1.63. The molecule has 2 aromatic carbocycles. The van der Waals surface area contributed by atoms with Gasteiger partial charge in [-0.3, -0.25) is 14.5 Å². The van der Waals surface area contributed by atoms with Crippen molar-refractivity contribution >= 4 is 33.2 Å². The fraction of sp³-hybridized carbons (Fsp3) is 0.533. The molecule has 10 nitrogen and oxygen atoms in total. The molecule has 2 saturated heterocycles. The summed E-state index contributed by atoms with van der Waals surface area (Å²) in [5.41, 5.74) is 3.04. The molecule has 0 saturated carbocycles. The third-order valence-corrected chi connectivity index (χ3v) is 8.98. The van der Waals surface area contributed by atoms with E-state index in [1.807, 2.05) is 48.5 Å². The number of primary sulfonamides is 1. The number of aliphatic hydroxyl groups excluding tert-OH is 1. The van der Waals surface area contributed by atoms with Gasteiger partial charge in [-0.25, -0.2) is 13.6 Å². The van der Waals surface area contributed by atoms with Crippen LogP contribution >= 0.6 is 0 Å². The highest BCUT2D eigenvalue weighted by Gasteiger charge is 2.35. The van der Waals surface area contributed by atoms with E-state index in [4.69, 9.17) is 9.88 Å². The molecule has 2 amide bonds. The molecule has 41 heavy (non-hydrogen) atoms. The first-order valence-electron chi connectivity index (χ1n) is 14.2. The zero-order valence-electron chi connectivity index (χ0n) is 24.1. The molecule has 2 heterocycles. The van der Waals surface area contributed by atoms with Gasteiger partial charge < -0.3 is 20.1 Å². The number of aliphatic hydroxyl groups is 1. The molecule has 0 bridgehead atoms. The van der Waals surface area contributed by atoms with Crippen LogP contribution in [-0.2, 0) is 29.8 Å². The van der Waals surface area contributed by atoms with Crippen molar-refractivity contribution in [1.29, 1.82) is 0 Å². The zero-order valence-corrected chi connectivity index (χ0v) is 24.9. The molecule has 224 valence electrons. The van der Waals surface area contributed by atoms with E-state index in [-0.39, 0.29) is 29.9 Å². The Balaban J connectivity index is 1.72. The van der Waals surface area contributed by atoms with Crippen LogP contribution in [0.1, 0.15) is 63.6 Å². The average Bonchev–Trinajstić information content (AvgIpc) is 2.92. The van der Waals surface area contributed by atoms with Crippen molar-refractivity contribution in [1.82, 2.24) is 5.32 Å². The van der Waals surface area contributed by atoms with Gasteiger partial charge in [0.1, 0.15) is 6.04 Å². The molecule has 0 aliphatic carbocycles. The highest BCUT2D eigenvalue weighted by atomic mass is 32.2. The van der Waals surface area contributed by atoms with Gasteiger partial charge in [-0.05, 0) is 60.1 Å². The van der Waals surface area contributed by atoms with E-state index in [1.54, 1.807) is 0 Å². The van der Waals surface area contributed by atoms with Crippen LogP contribution in [-0.4, -0.2) is 69.5 Å². The smallest absolute Gasteiger partial charge is 0.248 e. The second kappa shape index (κ2) is 12.9. The normalized spacial score (nSPS) is 17.5. The quantitative estimate of drug-likeness (QED) is 0.367. The lowest BCUT2D eigenvalue weighted by molar-refractivity contribution is -0.129. The van der Waals surface area contributed by atoms with Gasteiger partial charge >= 0.3 is 0 Å². The van der Waals surface area contributed by atoms with E-state index in [9.17, 15) is 23.1 Å². The molecule has 2 aliphatic rings. The van der Waals surface area contributed by atoms with E-state index in [0.29, 0.717) is 37.3 Å². The number of sulfonamides is 1. The fourth-order valence-electron chi connectivity index (χ4n) is 5.07. The first kappa shape index (κ1) is 31.0. The van der Waals surface area contributed by atoms with Gasteiger partial charge in [0.15, 0.2) is 0 Å². The van der Waals surface area contributed by atoms with Crippen molar-refractivity contribution in [2.75, 3.05) is 41.9 Å². The van der Waals surface area contributed by atoms with Crippen LogP contribution in [0, 0.1) is 0 Å². The van der Waals surface area contributed by atoms with E-state index >= 15 is 0 Å². The molecule has 2 fully saturated rings. The molecule has 0 radical (unpaired) electrons. The van der Waals surface area contributed by atoms with Crippen molar-refractivity contribution in [2.24, 2.45) is 5.14 Å². The summed E-state index contributed by atoms with van der Waals surface area (Å²) in [5, 5.41) is 18.1. The number of benzene rings is 2. The second-order valence-electron chi connectivity index (χ2n) is 11.6. The average molecular weight is 587 g/mol. The summed E-state index contributed by atoms with van der Waals surface area (Å²) in [4.78, 5) is 31.1. The number of nitrogens with zero attached hydrogens (tertiary/aromatic N) is 2. The summed E-state index contributed by atoms with van der Waals surface area (Å²) in [6.45, 7) is 8.61. The third kappa shape index (κ3) is 7.85. The van der Waals surface area contributed by atoms with Crippen molar-refractivity contribution < 1.29 is 27.9 Å². The molecule has 0 aromatic heterocycles. The molecule has 4 rings (SSSR count). The third-order valence-electron chi connectivity index (χ3n) is 8.21. The zero-order chi connectivity index (χ0) is 29.8. The number of carbonyl (C=O) groups is 2. The van der Waals surface area contributed by atoms with Crippen LogP contribution in [0.25, 0.3) is 0 Å². The standard InChI is InChI=1S/C30H42N4O6S/c1-4-30(2,3)22-7-11-25(12-8-22)34(27(36)15-18-41(31,38)39)28(29(37)32-23-19-40-20-23)21-5-9-24(10-6-21)33-16-13-26(35)14-17-33/h5-12,23,26,28,35H,4,13-20H2,1-3H3,(H,32,37)(H2,31,38,39). The molecule has 2 aliphatic heterocycles. The number of nitrogens with one attached hydrogen (secondary N) is 1. The number of nitrogens with two attached hydrogens (primary N) is 1.